The predicted molar refractivity (Wildman–Crippen MR) is 74.6 cm³/mol. The molecule has 0 saturated carbocycles. The smallest absolute Gasteiger partial charge is 0.0374 e. The minimum Gasteiger partial charge on any atom is -0.382 e. The molecule has 1 saturated heterocycles. The molecular formula is C15H24N2. The van der Waals surface area contributed by atoms with E-state index in [0.29, 0.717) is 6.04 Å². The van der Waals surface area contributed by atoms with E-state index >= 15 is 0 Å². The third-order valence-electron chi connectivity index (χ3n) is 4.08. The summed E-state index contributed by atoms with van der Waals surface area (Å²) < 4.78 is 0. The lowest BCUT2D eigenvalue weighted by molar-refractivity contribution is 0.343. The molecule has 1 fully saturated rings. The van der Waals surface area contributed by atoms with Crippen molar-refractivity contribution in [2.45, 2.75) is 39.7 Å². The molecule has 17 heavy (non-hydrogen) atoms. The average Bonchev–Trinajstić information content (AvgIpc) is 2.36. The second-order valence-corrected chi connectivity index (χ2v) is 5.27. The molecule has 2 nitrogen and oxygen atoms in total. The highest BCUT2D eigenvalue weighted by Gasteiger charge is 2.19. The minimum atomic E-state index is 0.567. The zero-order valence-corrected chi connectivity index (χ0v) is 11.2. The van der Waals surface area contributed by atoms with Gasteiger partial charge in [-0.2, -0.15) is 0 Å². The van der Waals surface area contributed by atoms with Crippen LogP contribution >= 0.6 is 0 Å². The van der Waals surface area contributed by atoms with E-state index in [9.17, 15) is 0 Å². The predicted octanol–water partition coefficient (Wildman–Crippen LogP) is 3.10. The highest BCUT2D eigenvalue weighted by molar-refractivity contribution is 5.54. The molecule has 1 atom stereocenters. The number of benzene rings is 1. The van der Waals surface area contributed by atoms with Crippen LogP contribution in [0.5, 0.6) is 0 Å². The monoisotopic (exact) mass is 232 g/mol. The Hall–Kier alpha value is -1.02. The quantitative estimate of drug-likeness (QED) is 0.837. The summed E-state index contributed by atoms with van der Waals surface area (Å²) in [4.78, 5) is 0. The molecule has 0 amide bonds. The van der Waals surface area contributed by atoms with Gasteiger partial charge in [-0.3, -0.25) is 0 Å². The summed E-state index contributed by atoms with van der Waals surface area (Å²) in [6, 6.07) is 7.08. The maximum Gasteiger partial charge on any atom is 0.0374 e. The van der Waals surface area contributed by atoms with Crippen molar-refractivity contribution in [2.75, 3.05) is 18.4 Å². The van der Waals surface area contributed by atoms with Gasteiger partial charge in [-0.15, -0.1) is 0 Å². The van der Waals surface area contributed by atoms with Crippen LogP contribution < -0.4 is 10.6 Å². The van der Waals surface area contributed by atoms with Gasteiger partial charge < -0.3 is 10.6 Å². The third kappa shape index (κ3) is 3.01. The van der Waals surface area contributed by atoms with Crippen LogP contribution in [0, 0.1) is 19.8 Å². The fourth-order valence-electron chi connectivity index (χ4n) is 2.61. The van der Waals surface area contributed by atoms with Gasteiger partial charge in [0.05, 0.1) is 0 Å². The van der Waals surface area contributed by atoms with Gasteiger partial charge >= 0.3 is 0 Å². The van der Waals surface area contributed by atoms with Crippen molar-refractivity contribution in [3.63, 3.8) is 0 Å². The van der Waals surface area contributed by atoms with Crippen molar-refractivity contribution in [1.82, 2.24) is 5.32 Å². The summed E-state index contributed by atoms with van der Waals surface area (Å²) in [6.45, 7) is 9.03. The van der Waals surface area contributed by atoms with Gasteiger partial charge in [-0.05, 0) is 69.8 Å². The van der Waals surface area contributed by atoms with Crippen molar-refractivity contribution in [1.29, 1.82) is 0 Å². The lowest BCUT2D eigenvalue weighted by Crippen LogP contribution is -2.36. The first-order chi connectivity index (χ1) is 8.18. The maximum atomic E-state index is 3.69. The molecule has 1 aromatic rings. The Morgan fingerprint density at radius 2 is 1.94 bits per heavy atom. The SMILES string of the molecule is Cc1cccc(NC(C)C2CCNCC2)c1C. The molecule has 1 aliphatic rings. The maximum absolute atomic E-state index is 3.69. The minimum absolute atomic E-state index is 0.567. The fourth-order valence-corrected chi connectivity index (χ4v) is 2.61. The zero-order valence-electron chi connectivity index (χ0n) is 11.2. The van der Waals surface area contributed by atoms with E-state index in [0.717, 1.165) is 5.92 Å². The first-order valence-corrected chi connectivity index (χ1v) is 6.72. The Kier molecular flexibility index (Phi) is 4.06. The fraction of sp³-hybridized carbons (Fsp3) is 0.600. The van der Waals surface area contributed by atoms with Gasteiger partial charge in [0.25, 0.3) is 0 Å². The van der Waals surface area contributed by atoms with E-state index in [4.69, 9.17) is 0 Å². The molecule has 0 radical (unpaired) electrons. The molecule has 0 aromatic heterocycles. The molecule has 1 heterocycles. The summed E-state index contributed by atoms with van der Waals surface area (Å²) in [5, 5.41) is 7.12. The first kappa shape index (κ1) is 12.4. The van der Waals surface area contributed by atoms with Crippen molar-refractivity contribution >= 4 is 5.69 Å². The molecule has 1 aliphatic heterocycles. The summed E-state index contributed by atoms with van der Waals surface area (Å²) in [5.41, 5.74) is 4.05. The highest BCUT2D eigenvalue weighted by atomic mass is 14.9. The van der Waals surface area contributed by atoms with Crippen LogP contribution in [0.1, 0.15) is 30.9 Å². The molecule has 0 spiro atoms. The molecule has 2 N–H and O–H groups in total. The van der Waals surface area contributed by atoms with E-state index in [2.05, 4.69) is 49.6 Å². The van der Waals surface area contributed by atoms with Crippen molar-refractivity contribution < 1.29 is 0 Å². The molecule has 2 heteroatoms. The van der Waals surface area contributed by atoms with Gasteiger partial charge in [0.1, 0.15) is 0 Å². The van der Waals surface area contributed by atoms with Crippen molar-refractivity contribution in [3.8, 4) is 0 Å². The Labute approximate surface area is 105 Å². The van der Waals surface area contributed by atoms with E-state index in [1.807, 2.05) is 0 Å². The van der Waals surface area contributed by atoms with Crippen LogP contribution in [0.4, 0.5) is 5.69 Å². The van der Waals surface area contributed by atoms with Crippen LogP contribution in [-0.4, -0.2) is 19.1 Å². The van der Waals surface area contributed by atoms with Gasteiger partial charge in [-0.1, -0.05) is 12.1 Å². The second-order valence-electron chi connectivity index (χ2n) is 5.27. The van der Waals surface area contributed by atoms with E-state index in [-0.39, 0.29) is 0 Å². The van der Waals surface area contributed by atoms with Crippen LogP contribution in [0.25, 0.3) is 0 Å². The summed E-state index contributed by atoms with van der Waals surface area (Å²) in [5.74, 6) is 0.802. The zero-order chi connectivity index (χ0) is 12.3. The van der Waals surface area contributed by atoms with Gasteiger partial charge in [0.15, 0.2) is 0 Å². The number of hydrogen-bond donors (Lipinski definition) is 2. The summed E-state index contributed by atoms with van der Waals surface area (Å²) in [7, 11) is 0. The highest BCUT2D eigenvalue weighted by Crippen LogP contribution is 2.23. The van der Waals surface area contributed by atoms with Crippen molar-refractivity contribution in [2.24, 2.45) is 5.92 Å². The number of rotatable bonds is 3. The van der Waals surface area contributed by atoms with Crippen molar-refractivity contribution in [3.05, 3.63) is 29.3 Å². The Morgan fingerprint density at radius 3 is 2.65 bits per heavy atom. The number of hydrogen-bond acceptors (Lipinski definition) is 2. The number of nitrogens with one attached hydrogen (secondary N) is 2. The lowest BCUT2D eigenvalue weighted by Gasteiger charge is -2.30. The number of anilines is 1. The Bertz CT molecular complexity index is 367. The average molecular weight is 232 g/mol. The van der Waals surface area contributed by atoms with E-state index in [1.54, 1.807) is 0 Å². The van der Waals surface area contributed by atoms with Crippen LogP contribution in [0.3, 0.4) is 0 Å². The molecule has 94 valence electrons. The molecule has 0 aliphatic carbocycles. The number of piperidine rings is 1. The molecule has 2 rings (SSSR count). The summed E-state index contributed by atoms with van der Waals surface area (Å²) >= 11 is 0. The first-order valence-electron chi connectivity index (χ1n) is 6.72. The van der Waals surface area contributed by atoms with Gasteiger partial charge in [0.2, 0.25) is 0 Å². The number of aryl methyl sites for hydroxylation is 1. The molecule has 1 aromatic carbocycles. The normalized spacial score (nSPS) is 19.0. The van der Waals surface area contributed by atoms with E-state index in [1.165, 1.54) is 42.7 Å². The largest absolute Gasteiger partial charge is 0.382 e. The topological polar surface area (TPSA) is 24.1 Å². The van der Waals surface area contributed by atoms with Crippen LogP contribution in [0.15, 0.2) is 18.2 Å². The Morgan fingerprint density at radius 1 is 1.24 bits per heavy atom. The van der Waals surface area contributed by atoms with Gasteiger partial charge in [0, 0.05) is 11.7 Å². The molecule has 0 bridgehead atoms. The Balaban J connectivity index is 2.01. The second kappa shape index (κ2) is 5.54. The van der Waals surface area contributed by atoms with Gasteiger partial charge in [-0.25, -0.2) is 0 Å². The lowest BCUT2D eigenvalue weighted by atomic mass is 9.91. The summed E-state index contributed by atoms with van der Waals surface area (Å²) in [6.07, 6.45) is 2.58. The van der Waals surface area contributed by atoms with E-state index < -0.39 is 0 Å². The van der Waals surface area contributed by atoms with Crippen LogP contribution in [-0.2, 0) is 0 Å². The molecule has 1 unspecified atom stereocenters. The van der Waals surface area contributed by atoms with Crippen LogP contribution in [0.2, 0.25) is 0 Å². The third-order valence-corrected chi connectivity index (χ3v) is 4.08. The standard InChI is InChI=1S/C15H24N2/c1-11-5-4-6-15(12(11)2)17-13(3)14-7-9-16-10-8-14/h4-6,13-14,16-17H,7-10H2,1-3H3. The molecular weight excluding hydrogens is 208 g/mol.